The Hall–Kier alpha value is -3.10. The van der Waals surface area contributed by atoms with Gasteiger partial charge in [-0.3, -0.25) is 9.59 Å². The van der Waals surface area contributed by atoms with Gasteiger partial charge in [-0.15, -0.1) is 0 Å². The topological polar surface area (TPSA) is 139 Å². The van der Waals surface area contributed by atoms with Gasteiger partial charge in [0.1, 0.15) is 12.6 Å². The Kier molecular flexibility index (Phi) is 5.58. The van der Waals surface area contributed by atoms with Gasteiger partial charge in [-0.1, -0.05) is 6.07 Å². The number of hydrogen-bond donors (Lipinski definition) is 3. The molecule has 0 fully saturated rings. The highest BCUT2D eigenvalue weighted by molar-refractivity contribution is 5.91. The Bertz CT molecular complexity index is 718. The minimum Gasteiger partial charge on any atom is -0.480 e. The van der Waals surface area contributed by atoms with E-state index in [2.05, 4.69) is 5.32 Å². The van der Waals surface area contributed by atoms with E-state index in [9.17, 15) is 19.2 Å². The molecule has 9 nitrogen and oxygen atoms in total. The minimum absolute atomic E-state index is 0.103. The number of fused-ring (bicyclic) bond motifs is 1. The van der Waals surface area contributed by atoms with E-state index in [0.717, 1.165) is 5.56 Å². The fourth-order valence-corrected chi connectivity index (χ4v) is 2.46. The second-order valence-electron chi connectivity index (χ2n) is 5.76. The van der Waals surface area contributed by atoms with Crippen molar-refractivity contribution in [1.82, 2.24) is 5.32 Å². The number of ether oxygens (including phenoxy) is 1. The first-order valence-corrected chi connectivity index (χ1v) is 7.63. The monoisotopic (exact) mass is 349 g/mol. The summed E-state index contributed by atoms with van der Waals surface area (Å²) in [5.74, 6) is -2.66. The van der Waals surface area contributed by atoms with Gasteiger partial charge in [-0.2, -0.15) is 0 Å². The number of anilines is 1. The summed E-state index contributed by atoms with van der Waals surface area (Å²) in [6, 6.07) is 3.96. The molecule has 0 spiro atoms. The van der Waals surface area contributed by atoms with Crippen LogP contribution in [0.2, 0.25) is 0 Å². The predicted octanol–water partition coefficient (Wildman–Crippen LogP) is -0.445. The number of carbonyl (C=O) groups excluding carboxylic acids is 3. The molecule has 1 aliphatic heterocycles. The van der Waals surface area contributed by atoms with Crippen LogP contribution in [0.3, 0.4) is 0 Å². The van der Waals surface area contributed by atoms with E-state index in [4.69, 9.17) is 15.6 Å². The fourth-order valence-electron chi connectivity index (χ4n) is 2.46. The van der Waals surface area contributed by atoms with E-state index in [1.165, 1.54) is 4.90 Å². The van der Waals surface area contributed by atoms with E-state index in [0.29, 0.717) is 11.4 Å². The second kappa shape index (κ2) is 7.65. The van der Waals surface area contributed by atoms with Gasteiger partial charge in [0.05, 0.1) is 12.2 Å². The number of rotatable bonds is 7. The summed E-state index contributed by atoms with van der Waals surface area (Å²) in [5, 5.41) is 11.5. The van der Waals surface area contributed by atoms with Gasteiger partial charge in [0.25, 0.3) is 0 Å². The number of carbonyl (C=O) groups is 4. The Morgan fingerprint density at radius 2 is 2.12 bits per heavy atom. The molecule has 25 heavy (non-hydrogen) atoms. The van der Waals surface area contributed by atoms with Gasteiger partial charge < -0.3 is 25.8 Å². The SMILES string of the molecule is Cc1ccc2c(c1)N(CC(=O)NC(CCC(N)=O)C(=O)O)CC(=O)O2. The van der Waals surface area contributed by atoms with Crippen LogP contribution in [0.15, 0.2) is 18.2 Å². The maximum absolute atomic E-state index is 12.2. The number of nitrogens with two attached hydrogens (primary N) is 1. The summed E-state index contributed by atoms with van der Waals surface area (Å²) in [7, 11) is 0. The highest BCUT2D eigenvalue weighted by atomic mass is 16.5. The number of nitrogens with zero attached hydrogens (tertiary/aromatic N) is 1. The lowest BCUT2D eigenvalue weighted by molar-refractivity contribution is -0.142. The summed E-state index contributed by atoms with van der Waals surface area (Å²) in [4.78, 5) is 47.3. The molecular weight excluding hydrogens is 330 g/mol. The number of aliphatic carboxylic acids is 1. The van der Waals surface area contributed by atoms with Crippen molar-refractivity contribution in [2.24, 2.45) is 5.73 Å². The van der Waals surface area contributed by atoms with E-state index < -0.39 is 29.8 Å². The number of nitrogens with one attached hydrogen (secondary N) is 1. The molecule has 1 heterocycles. The third kappa shape index (κ3) is 4.93. The van der Waals surface area contributed by atoms with Crippen LogP contribution in [0.1, 0.15) is 18.4 Å². The molecular formula is C16H19N3O6. The molecule has 9 heteroatoms. The molecule has 1 aromatic carbocycles. The van der Waals surface area contributed by atoms with Crippen LogP contribution in [0, 0.1) is 6.92 Å². The Morgan fingerprint density at radius 1 is 1.40 bits per heavy atom. The molecule has 2 rings (SSSR count). The van der Waals surface area contributed by atoms with Gasteiger partial charge in [0.2, 0.25) is 11.8 Å². The van der Waals surface area contributed by atoms with Crippen LogP contribution in [0.4, 0.5) is 5.69 Å². The molecule has 0 bridgehead atoms. The van der Waals surface area contributed by atoms with E-state index in [1.54, 1.807) is 18.2 Å². The molecule has 134 valence electrons. The van der Waals surface area contributed by atoms with Crippen LogP contribution in [-0.4, -0.2) is 48.0 Å². The van der Waals surface area contributed by atoms with Crippen molar-refractivity contribution in [2.45, 2.75) is 25.8 Å². The fraction of sp³-hybridized carbons (Fsp3) is 0.375. The number of amides is 2. The first-order valence-electron chi connectivity index (χ1n) is 7.63. The lowest BCUT2D eigenvalue weighted by Crippen LogP contribution is -2.48. The van der Waals surface area contributed by atoms with Gasteiger partial charge in [0, 0.05) is 6.42 Å². The van der Waals surface area contributed by atoms with Crippen molar-refractivity contribution in [3.8, 4) is 5.75 Å². The Morgan fingerprint density at radius 3 is 2.76 bits per heavy atom. The van der Waals surface area contributed by atoms with Crippen LogP contribution >= 0.6 is 0 Å². The number of primary amides is 1. The van der Waals surface area contributed by atoms with Gasteiger partial charge in [0.15, 0.2) is 5.75 Å². The van der Waals surface area contributed by atoms with Gasteiger partial charge >= 0.3 is 11.9 Å². The van der Waals surface area contributed by atoms with Crippen molar-refractivity contribution in [2.75, 3.05) is 18.0 Å². The molecule has 4 N–H and O–H groups in total. The lowest BCUT2D eigenvalue weighted by atomic mass is 10.1. The third-order valence-electron chi connectivity index (χ3n) is 3.65. The molecule has 1 aliphatic rings. The number of esters is 1. The molecule has 0 radical (unpaired) electrons. The standard InChI is InChI=1S/C16H19N3O6/c1-9-2-4-12-11(6-9)19(8-15(22)25-12)7-14(21)18-10(16(23)24)3-5-13(17)20/h2,4,6,10H,3,5,7-8H2,1H3,(H2,17,20)(H,18,21)(H,23,24). The number of carboxylic acid groups (broad SMARTS) is 1. The van der Waals surface area contributed by atoms with E-state index in [1.807, 2.05) is 6.92 Å². The van der Waals surface area contributed by atoms with Crippen molar-refractivity contribution in [3.63, 3.8) is 0 Å². The quantitative estimate of drug-likeness (QED) is 0.448. The molecule has 1 unspecified atom stereocenters. The molecule has 0 aromatic heterocycles. The minimum atomic E-state index is -1.26. The average molecular weight is 349 g/mol. The molecule has 1 aromatic rings. The number of carboxylic acids is 1. The summed E-state index contributed by atoms with van der Waals surface area (Å²) in [6.07, 6.45) is -0.260. The Labute approximate surface area is 143 Å². The molecule has 0 saturated carbocycles. The van der Waals surface area contributed by atoms with Crippen molar-refractivity contribution >= 4 is 29.4 Å². The third-order valence-corrected chi connectivity index (χ3v) is 3.65. The summed E-state index contributed by atoms with van der Waals surface area (Å²) < 4.78 is 5.13. The largest absolute Gasteiger partial charge is 0.480 e. The zero-order valence-electron chi connectivity index (χ0n) is 13.7. The zero-order chi connectivity index (χ0) is 18.6. The molecule has 2 amide bonds. The smallest absolute Gasteiger partial charge is 0.331 e. The van der Waals surface area contributed by atoms with Gasteiger partial charge in [-0.05, 0) is 31.0 Å². The molecule has 0 aliphatic carbocycles. The van der Waals surface area contributed by atoms with Crippen molar-refractivity contribution in [1.29, 1.82) is 0 Å². The average Bonchev–Trinajstić information content (AvgIpc) is 2.51. The Balaban J connectivity index is 2.07. The van der Waals surface area contributed by atoms with Crippen LogP contribution in [0.25, 0.3) is 0 Å². The highest BCUT2D eigenvalue weighted by Gasteiger charge is 2.27. The van der Waals surface area contributed by atoms with Gasteiger partial charge in [-0.25, -0.2) is 9.59 Å². The highest BCUT2D eigenvalue weighted by Crippen LogP contribution is 2.32. The maximum atomic E-state index is 12.2. The van der Waals surface area contributed by atoms with Crippen LogP contribution in [-0.2, 0) is 19.2 Å². The summed E-state index contributed by atoms with van der Waals surface area (Å²) >= 11 is 0. The van der Waals surface area contributed by atoms with Crippen LogP contribution in [0.5, 0.6) is 5.75 Å². The van der Waals surface area contributed by atoms with E-state index in [-0.39, 0.29) is 25.9 Å². The van der Waals surface area contributed by atoms with Crippen LogP contribution < -0.4 is 20.7 Å². The predicted molar refractivity (Wildman–Crippen MR) is 87.0 cm³/mol. The number of hydrogen-bond acceptors (Lipinski definition) is 6. The summed E-state index contributed by atoms with van der Waals surface area (Å²) in [5.41, 5.74) is 6.50. The molecule has 1 atom stereocenters. The lowest BCUT2D eigenvalue weighted by Gasteiger charge is -2.29. The van der Waals surface area contributed by atoms with Crippen molar-refractivity contribution < 1.29 is 29.0 Å². The first kappa shape index (κ1) is 18.2. The van der Waals surface area contributed by atoms with Crippen molar-refractivity contribution in [3.05, 3.63) is 23.8 Å². The first-order chi connectivity index (χ1) is 11.8. The maximum Gasteiger partial charge on any atom is 0.331 e. The number of benzene rings is 1. The summed E-state index contributed by atoms with van der Waals surface area (Å²) in [6.45, 7) is 1.52. The second-order valence-corrected chi connectivity index (χ2v) is 5.76. The number of aryl methyl sites for hydroxylation is 1. The van der Waals surface area contributed by atoms with E-state index >= 15 is 0 Å². The normalized spacial score (nSPS) is 14.3. The zero-order valence-corrected chi connectivity index (χ0v) is 13.7. The molecule has 0 saturated heterocycles.